The minimum Gasteiger partial charge on any atom is -0.348 e. The normalized spacial score (nSPS) is 27.4. The van der Waals surface area contributed by atoms with Gasteiger partial charge >= 0.3 is 0 Å². The first-order valence-corrected chi connectivity index (χ1v) is 6.80. The van der Waals surface area contributed by atoms with Gasteiger partial charge in [0.2, 0.25) is 0 Å². The largest absolute Gasteiger partial charge is 0.348 e. The highest BCUT2D eigenvalue weighted by atomic mass is 35.5. The highest BCUT2D eigenvalue weighted by Gasteiger charge is 2.40. The fraction of sp³-hybridized carbons (Fsp3) is 0.600. The van der Waals surface area contributed by atoms with E-state index in [1.54, 1.807) is 0 Å². The molecule has 1 aliphatic heterocycles. The number of hydrogen-bond acceptors (Lipinski definition) is 2. The monoisotopic (exact) mass is 268 g/mol. The molecule has 18 heavy (non-hydrogen) atoms. The maximum atomic E-state index is 6.12. The smallest absolute Gasteiger partial charge is 0.184 e. The van der Waals surface area contributed by atoms with Crippen LogP contribution in [0.25, 0.3) is 0 Å². The highest BCUT2D eigenvalue weighted by molar-refractivity contribution is 6.30. The number of rotatable bonds is 2. The molecular formula is C15H21ClO2. The lowest BCUT2D eigenvalue weighted by Crippen LogP contribution is -2.45. The van der Waals surface area contributed by atoms with Crippen molar-refractivity contribution in [2.75, 3.05) is 6.61 Å². The molecule has 0 N–H and O–H groups in total. The summed E-state index contributed by atoms with van der Waals surface area (Å²) in [6.45, 7) is 9.47. The molecule has 0 aromatic heterocycles. The van der Waals surface area contributed by atoms with E-state index in [1.165, 1.54) is 0 Å². The Balaban J connectivity index is 2.15. The summed E-state index contributed by atoms with van der Waals surface area (Å²) in [4.78, 5) is 0. The summed E-state index contributed by atoms with van der Waals surface area (Å²) in [5.41, 5.74) is 1.08. The molecule has 0 radical (unpaired) electrons. The van der Waals surface area contributed by atoms with Crippen molar-refractivity contribution in [2.45, 2.75) is 40.1 Å². The second-order valence-corrected chi connectivity index (χ2v) is 6.42. The van der Waals surface area contributed by atoms with E-state index in [0.717, 1.165) is 10.6 Å². The molecule has 0 spiro atoms. The van der Waals surface area contributed by atoms with Crippen molar-refractivity contribution in [1.82, 2.24) is 0 Å². The predicted octanol–water partition coefficient (Wildman–Crippen LogP) is 4.44. The van der Waals surface area contributed by atoms with Crippen molar-refractivity contribution < 1.29 is 9.47 Å². The van der Waals surface area contributed by atoms with E-state index >= 15 is 0 Å². The Hall–Kier alpha value is -0.570. The van der Waals surface area contributed by atoms with Crippen LogP contribution in [0.15, 0.2) is 24.3 Å². The zero-order valence-corrected chi connectivity index (χ0v) is 12.2. The Labute approximate surface area is 114 Å². The van der Waals surface area contributed by atoms with Crippen molar-refractivity contribution in [3.8, 4) is 0 Å². The first-order chi connectivity index (χ1) is 8.40. The van der Waals surface area contributed by atoms with Gasteiger partial charge in [0.25, 0.3) is 0 Å². The third-order valence-corrected chi connectivity index (χ3v) is 3.65. The Morgan fingerprint density at radius 3 is 2.39 bits per heavy atom. The molecule has 1 heterocycles. The summed E-state index contributed by atoms with van der Waals surface area (Å²) in [6.07, 6.45) is -0.0744. The van der Waals surface area contributed by atoms with Crippen LogP contribution in [0.5, 0.6) is 0 Å². The fourth-order valence-corrected chi connectivity index (χ4v) is 2.71. The molecule has 100 valence electrons. The van der Waals surface area contributed by atoms with Crippen LogP contribution in [0.2, 0.25) is 5.02 Å². The van der Waals surface area contributed by atoms with Crippen LogP contribution in [-0.2, 0) is 9.47 Å². The van der Waals surface area contributed by atoms with Gasteiger partial charge in [0.05, 0.1) is 12.7 Å². The maximum Gasteiger partial charge on any atom is 0.184 e. The molecule has 0 aliphatic carbocycles. The molecule has 0 saturated carbocycles. The summed E-state index contributed by atoms with van der Waals surface area (Å²) < 4.78 is 12.0. The Morgan fingerprint density at radius 1 is 1.22 bits per heavy atom. The zero-order chi connectivity index (χ0) is 13.3. The first-order valence-electron chi connectivity index (χ1n) is 6.43. The van der Waals surface area contributed by atoms with Gasteiger partial charge in [-0.1, -0.05) is 51.4 Å². The molecule has 0 bridgehead atoms. The van der Waals surface area contributed by atoms with Gasteiger partial charge in [-0.25, -0.2) is 0 Å². The molecule has 1 aliphatic rings. The Morgan fingerprint density at radius 2 is 1.83 bits per heavy atom. The molecular weight excluding hydrogens is 248 g/mol. The van der Waals surface area contributed by atoms with Gasteiger partial charge in [-0.15, -0.1) is 0 Å². The average molecular weight is 269 g/mol. The van der Waals surface area contributed by atoms with Gasteiger partial charge in [-0.2, -0.15) is 0 Å². The van der Waals surface area contributed by atoms with Crippen molar-refractivity contribution in [3.63, 3.8) is 0 Å². The number of ether oxygens (including phenoxy) is 2. The summed E-state index contributed by atoms with van der Waals surface area (Å²) >= 11 is 5.89. The highest BCUT2D eigenvalue weighted by Crippen LogP contribution is 2.39. The van der Waals surface area contributed by atoms with Gasteiger partial charge in [-0.3, -0.25) is 0 Å². The van der Waals surface area contributed by atoms with Gasteiger partial charge < -0.3 is 9.47 Å². The number of halogens is 1. The van der Waals surface area contributed by atoms with Crippen LogP contribution in [-0.4, -0.2) is 12.7 Å². The minimum atomic E-state index is -0.275. The van der Waals surface area contributed by atoms with Crippen molar-refractivity contribution in [2.24, 2.45) is 11.3 Å². The van der Waals surface area contributed by atoms with E-state index in [2.05, 4.69) is 27.7 Å². The van der Waals surface area contributed by atoms with Gasteiger partial charge in [0, 0.05) is 16.0 Å². The molecule has 2 atom stereocenters. The molecule has 0 amide bonds. The summed E-state index contributed by atoms with van der Waals surface area (Å²) in [7, 11) is 0. The maximum absolute atomic E-state index is 6.12. The molecule has 2 nitrogen and oxygen atoms in total. The predicted molar refractivity (Wildman–Crippen MR) is 73.6 cm³/mol. The van der Waals surface area contributed by atoms with E-state index < -0.39 is 0 Å². The first kappa shape index (κ1) is 13.9. The van der Waals surface area contributed by atoms with Gasteiger partial charge in [0.1, 0.15) is 0 Å². The van der Waals surface area contributed by atoms with E-state index in [4.69, 9.17) is 21.1 Å². The van der Waals surface area contributed by atoms with Crippen LogP contribution >= 0.6 is 11.6 Å². The van der Waals surface area contributed by atoms with Gasteiger partial charge in [0.15, 0.2) is 6.29 Å². The van der Waals surface area contributed by atoms with Gasteiger partial charge in [-0.05, 0) is 18.1 Å². The lowest BCUT2D eigenvalue weighted by atomic mass is 9.80. The summed E-state index contributed by atoms with van der Waals surface area (Å²) in [5, 5.41) is 0.732. The number of benzene rings is 1. The van der Waals surface area contributed by atoms with Crippen molar-refractivity contribution in [3.05, 3.63) is 34.9 Å². The molecule has 1 fully saturated rings. The summed E-state index contributed by atoms with van der Waals surface area (Å²) in [6, 6.07) is 7.66. The van der Waals surface area contributed by atoms with E-state index in [9.17, 15) is 0 Å². The average Bonchev–Trinajstić information content (AvgIpc) is 2.29. The quantitative estimate of drug-likeness (QED) is 0.790. The zero-order valence-electron chi connectivity index (χ0n) is 11.4. The Kier molecular flexibility index (Phi) is 4.00. The van der Waals surface area contributed by atoms with Crippen molar-refractivity contribution >= 4 is 11.6 Å². The van der Waals surface area contributed by atoms with E-state index in [1.807, 2.05) is 24.3 Å². The fourth-order valence-electron chi connectivity index (χ4n) is 2.58. The second kappa shape index (κ2) is 5.20. The van der Waals surface area contributed by atoms with Crippen LogP contribution in [0.3, 0.4) is 0 Å². The Bertz CT molecular complexity index is 397. The molecule has 2 rings (SSSR count). The van der Waals surface area contributed by atoms with E-state index in [0.29, 0.717) is 12.5 Å². The van der Waals surface area contributed by atoms with Crippen LogP contribution in [0.4, 0.5) is 0 Å². The minimum absolute atomic E-state index is 0.0527. The second-order valence-electron chi connectivity index (χ2n) is 5.98. The van der Waals surface area contributed by atoms with Crippen LogP contribution in [0, 0.1) is 11.3 Å². The number of hydrogen-bond donors (Lipinski definition) is 0. The molecule has 0 unspecified atom stereocenters. The van der Waals surface area contributed by atoms with Crippen LogP contribution < -0.4 is 0 Å². The SMILES string of the molecule is CC(C)[C@H]1O[C@H](c2ccc(Cl)cc2)OCC1(C)C. The lowest BCUT2D eigenvalue weighted by Gasteiger charge is -2.44. The lowest BCUT2D eigenvalue weighted by molar-refractivity contribution is -0.274. The van der Waals surface area contributed by atoms with E-state index in [-0.39, 0.29) is 17.8 Å². The molecule has 1 aromatic rings. The topological polar surface area (TPSA) is 18.5 Å². The third-order valence-electron chi connectivity index (χ3n) is 3.39. The molecule has 3 heteroatoms. The summed E-state index contributed by atoms with van der Waals surface area (Å²) in [5.74, 6) is 0.471. The van der Waals surface area contributed by atoms with Crippen molar-refractivity contribution in [1.29, 1.82) is 0 Å². The standard InChI is InChI=1S/C15H21ClO2/c1-10(2)13-15(3,4)9-17-14(18-13)11-5-7-12(16)8-6-11/h5-8,10,13-14H,9H2,1-4H3/t13-,14-/m1/s1. The van der Waals surface area contributed by atoms with Crippen LogP contribution in [0.1, 0.15) is 39.5 Å². The molecule has 1 saturated heterocycles. The third kappa shape index (κ3) is 2.87. The molecule has 1 aromatic carbocycles.